The fourth-order valence-electron chi connectivity index (χ4n) is 3.01. The lowest BCUT2D eigenvalue weighted by atomic mass is 9.69. The van der Waals surface area contributed by atoms with E-state index in [0.29, 0.717) is 17.6 Å². The van der Waals surface area contributed by atoms with Crippen molar-refractivity contribution in [3.05, 3.63) is 35.4 Å². The molecule has 0 amide bonds. The minimum atomic E-state index is 0.337. The van der Waals surface area contributed by atoms with Crippen LogP contribution in [0, 0.1) is 5.92 Å². The normalized spacial score (nSPS) is 29.9. The first kappa shape index (κ1) is 8.22. The van der Waals surface area contributed by atoms with E-state index < -0.39 is 0 Å². The molecule has 0 aliphatic heterocycles. The number of hydrogen-bond donors (Lipinski definition) is 0. The van der Waals surface area contributed by atoms with Gasteiger partial charge in [-0.25, -0.2) is 0 Å². The third kappa shape index (κ3) is 1.05. The Balaban J connectivity index is 2.15. The van der Waals surface area contributed by atoms with Crippen molar-refractivity contribution in [3.8, 4) is 0 Å². The van der Waals surface area contributed by atoms with E-state index in [-0.39, 0.29) is 0 Å². The highest BCUT2D eigenvalue weighted by Crippen LogP contribution is 2.43. The van der Waals surface area contributed by atoms with Crippen molar-refractivity contribution in [2.45, 2.75) is 31.6 Å². The summed E-state index contributed by atoms with van der Waals surface area (Å²) in [6.45, 7) is 0. The van der Waals surface area contributed by atoms with Gasteiger partial charge in [-0.05, 0) is 30.7 Å². The van der Waals surface area contributed by atoms with Crippen LogP contribution in [-0.2, 0) is 0 Å². The van der Waals surface area contributed by atoms with Crippen LogP contribution in [0.1, 0.15) is 47.5 Å². The van der Waals surface area contributed by atoms with Crippen LogP contribution in [0.4, 0.5) is 0 Å². The lowest BCUT2D eigenvalue weighted by molar-refractivity contribution is 0.0859. The molecule has 2 atom stereocenters. The summed E-state index contributed by atoms with van der Waals surface area (Å²) < 4.78 is 0. The van der Waals surface area contributed by atoms with E-state index >= 15 is 0 Å². The third-order valence-electron chi connectivity index (χ3n) is 3.71. The number of carbonyl (C=O) groups is 1. The van der Waals surface area contributed by atoms with Gasteiger partial charge in [0.1, 0.15) is 0 Å². The Morgan fingerprint density at radius 1 is 1.07 bits per heavy atom. The maximum absolute atomic E-state index is 12.0. The zero-order valence-electron chi connectivity index (χ0n) is 8.20. The summed E-state index contributed by atoms with van der Waals surface area (Å²) in [7, 11) is 0. The number of hydrogen-bond acceptors (Lipinski definition) is 1. The zero-order chi connectivity index (χ0) is 9.54. The van der Waals surface area contributed by atoms with Crippen LogP contribution in [0.3, 0.4) is 0 Å². The summed E-state index contributed by atoms with van der Waals surface area (Å²) in [5.41, 5.74) is 2.32. The van der Waals surface area contributed by atoms with Gasteiger partial charge in [-0.2, -0.15) is 0 Å². The smallest absolute Gasteiger partial charge is 0.166 e. The predicted octanol–water partition coefficient (Wildman–Crippen LogP) is 3.16. The lowest BCUT2D eigenvalue weighted by Crippen LogP contribution is -2.29. The van der Waals surface area contributed by atoms with Crippen molar-refractivity contribution >= 4 is 5.78 Å². The Morgan fingerprint density at radius 3 is 2.79 bits per heavy atom. The van der Waals surface area contributed by atoms with E-state index in [2.05, 4.69) is 12.1 Å². The van der Waals surface area contributed by atoms with Gasteiger partial charge in [-0.15, -0.1) is 0 Å². The molecule has 72 valence electrons. The summed E-state index contributed by atoms with van der Waals surface area (Å²) in [6.07, 6.45) is 4.73. The molecule has 1 aromatic carbocycles. The summed E-state index contributed by atoms with van der Waals surface area (Å²) in [5, 5.41) is 0. The SMILES string of the molecule is O=C1c2ccccc2C2CCCC1C2. The number of rotatable bonds is 0. The van der Waals surface area contributed by atoms with Gasteiger partial charge in [-0.1, -0.05) is 30.7 Å². The summed E-state index contributed by atoms with van der Waals surface area (Å²) >= 11 is 0. The fraction of sp³-hybridized carbons (Fsp3) is 0.462. The van der Waals surface area contributed by atoms with Gasteiger partial charge in [-0.3, -0.25) is 4.79 Å². The van der Waals surface area contributed by atoms with Crippen LogP contribution in [0.15, 0.2) is 24.3 Å². The first-order chi connectivity index (χ1) is 6.86. The molecule has 0 aromatic heterocycles. The first-order valence-corrected chi connectivity index (χ1v) is 5.49. The first-order valence-electron chi connectivity index (χ1n) is 5.49. The zero-order valence-corrected chi connectivity index (χ0v) is 8.20. The van der Waals surface area contributed by atoms with Crippen molar-refractivity contribution in [2.24, 2.45) is 5.92 Å². The molecule has 1 fully saturated rings. The highest BCUT2D eigenvalue weighted by atomic mass is 16.1. The number of fused-ring (bicyclic) bond motifs is 4. The molecule has 0 radical (unpaired) electrons. The molecule has 1 saturated carbocycles. The topological polar surface area (TPSA) is 17.1 Å². The van der Waals surface area contributed by atoms with Gasteiger partial charge in [0.25, 0.3) is 0 Å². The van der Waals surface area contributed by atoms with Gasteiger partial charge in [0.15, 0.2) is 5.78 Å². The molecule has 1 nitrogen and oxygen atoms in total. The largest absolute Gasteiger partial charge is 0.294 e. The molecule has 1 heteroatoms. The van der Waals surface area contributed by atoms with Crippen LogP contribution in [0.25, 0.3) is 0 Å². The lowest BCUT2D eigenvalue weighted by Gasteiger charge is -2.34. The molecule has 2 unspecified atom stereocenters. The summed E-state index contributed by atoms with van der Waals surface area (Å²) in [5.74, 6) is 1.41. The molecule has 3 rings (SSSR count). The van der Waals surface area contributed by atoms with E-state index in [9.17, 15) is 4.79 Å². The standard InChI is InChI=1S/C13H14O/c14-13-10-5-3-4-9(8-10)11-6-1-2-7-12(11)13/h1-2,6-7,9-10H,3-5,8H2. The molecule has 2 aliphatic rings. The highest BCUT2D eigenvalue weighted by Gasteiger charge is 2.35. The number of carbonyl (C=O) groups excluding carboxylic acids is 1. The molecule has 14 heavy (non-hydrogen) atoms. The monoisotopic (exact) mass is 186 g/mol. The fourth-order valence-corrected chi connectivity index (χ4v) is 3.01. The number of ketones is 1. The van der Waals surface area contributed by atoms with Gasteiger partial charge < -0.3 is 0 Å². The van der Waals surface area contributed by atoms with Gasteiger partial charge >= 0.3 is 0 Å². The van der Waals surface area contributed by atoms with Gasteiger partial charge in [0.05, 0.1) is 0 Å². The molecular formula is C13H14O. The number of benzene rings is 1. The number of Topliss-reactive ketones (excluding diaryl/α,β-unsaturated/α-hetero) is 1. The average molecular weight is 186 g/mol. The van der Waals surface area contributed by atoms with Gasteiger partial charge in [0, 0.05) is 11.5 Å². The molecule has 0 N–H and O–H groups in total. The molecule has 0 saturated heterocycles. The Hall–Kier alpha value is -1.11. The minimum absolute atomic E-state index is 0.337. The quantitative estimate of drug-likeness (QED) is 0.608. The van der Waals surface area contributed by atoms with Crippen molar-refractivity contribution in [3.63, 3.8) is 0 Å². The Kier molecular flexibility index (Phi) is 1.73. The summed E-state index contributed by atoms with van der Waals surface area (Å²) in [6, 6.07) is 8.18. The Labute approximate surface area is 84.1 Å². The molecular weight excluding hydrogens is 172 g/mol. The van der Waals surface area contributed by atoms with Crippen molar-refractivity contribution < 1.29 is 4.79 Å². The van der Waals surface area contributed by atoms with Crippen LogP contribution in [-0.4, -0.2) is 5.78 Å². The van der Waals surface area contributed by atoms with Crippen LogP contribution < -0.4 is 0 Å². The van der Waals surface area contributed by atoms with Crippen molar-refractivity contribution in [1.29, 1.82) is 0 Å². The van der Waals surface area contributed by atoms with Crippen LogP contribution >= 0.6 is 0 Å². The van der Waals surface area contributed by atoms with Crippen LogP contribution in [0.2, 0.25) is 0 Å². The Morgan fingerprint density at radius 2 is 1.86 bits per heavy atom. The minimum Gasteiger partial charge on any atom is -0.294 e. The molecule has 2 bridgehead atoms. The summed E-state index contributed by atoms with van der Waals surface area (Å²) in [4.78, 5) is 12.0. The van der Waals surface area contributed by atoms with E-state index in [0.717, 1.165) is 18.4 Å². The maximum atomic E-state index is 12.0. The highest BCUT2D eigenvalue weighted by molar-refractivity contribution is 6.00. The molecule has 0 heterocycles. The predicted molar refractivity (Wildman–Crippen MR) is 55.5 cm³/mol. The van der Waals surface area contributed by atoms with Gasteiger partial charge in [0.2, 0.25) is 0 Å². The van der Waals surface area contributed by atoms with E-state index in [4.69, 9.17) is 0 Å². The van der Waals surface area contributed by atoms with Crippen LogP contribution in [0.5, 0.6) is 0 Å². The molecule has 2 aliphatic carbocycles. The molecule has 0 spiro atoms. The van der Waals surface area contributed by atoms with Crippen molar-refractivity contribution in [2.75, 3.05) is 0 Å². The van der Waals surface area contributed by atoms with Crippen molar-refractivity contribution in [1.82, 2.24) is 0 Å². The second kappa shape index (κ2) is 2.94. The third-order valence-corrected chi connectivity index (χ3v) is 3.71. The Bertz CT molecular complexity index is 381. The second-order valence-electron chi connectivity index (χ2n) is 4.51. The van der Waals surface area contributed by atoms with E-state index in [1.165, 1.54) is 18.4 Å². The second-order valence-corrected chi connectivity index (χ2v) is 4.51. The van der Waals surface area contributed by atoms with E-state index in [1.54, 1.807) is 0 Å². The maximum Gasteiger partial charge on any atom is 0.166 e. The molecule has 1 aromatic rings. The van der Waals surface area contributed by atoms with E-state index in [1.807, 2.05) is 12.1 Å². The average Bonchev–Trinajstić information content (AvgIpc) is 2.27.